The van der Waals surface area contributed by atoms with Crippen LogP contribution in [0.1, 0.15) is 17.5 Å². The average Bonchev–Trinajstić information content (AvgIpc) is 2.59. The summed E-state index contributed by atoms with van der Waals surface area (Å²) in [5, 5.41) is 3.59. The standard InChI is InChI=1S/C16H16N4O4/c1-4-17-16(22)14-19-13-9(15(21)20-14)5-8-6-11(23-2)12(24-3)7-10(8)18-13/h5-7H,4H2,1-3H3,(H,17,22)(H,18,19,20,21). The van der Waals surface area contributed by atoms with Crippen LogP contribution in [0.3, 0.4) is 0 Å². The van der Waals surface area contributed by atoms with E-state index in [0.717, 1.165) is 0 Å². The molecule has 0 aliphatic rings. The zero-order chi connectivity index (χ0) is 17.3. The maximum absolute atomic E-state index is 12.3. The average molecular weight is 328 g/mol. The summed E-state index contributed by atoms with van der Waals surface area (Å²) in [7, 11) is 3.06. The predicted molar refractivity (Wildman–Crippen MR) is 88.8 cm³/mol. The van der Waals surface area contributed by atoms with Crippen molar-refractivity contribution in [2.45, 2.75) is 6.92 Å². The summed E-state index contributed by atoms with van der Waals surface area (Å²) in [6, 6.07) is 5.09. The van der Waals surface area contributed by atoms with E-state index in [1.54, 1.807) is 25.1 Å². The Labute approximate surface area is 136 Å². The van der Waals surface area contributed by atoms with Gasteiger partial charge < -0.3 is 19.8 Å². The summed E-state index contributed by atoms with van der Waals surface area (Å²) in [4.78, 5) is 35.1. The van der Waals surface area contributed by atoms with E-state index in [2.05, 4.69) is 20.3 Å². The Morgan fingerprint density at radius 2 is 1.88 bits per heavy atom. The fourth-order valence-corrected chi connectivity index (χ4v) is 2.40. The van der Waals surface area contributed by atoms with E-state index in [0.29, 0.717) is 34.3 Å². The number of hydrogen-bond acceptors (Lipinski definition) is 6. The molecule has 3 aromatic rings. The Morgan fingerprint density at radius 3 is 2.54 bits per heavy atom. The van der Waals surface area contributed by atoms with Gasteiger partial charge in [0, 0.05) is 18.0 Å². The monoisotopic (exact) mass is 328 g/mol. The highest BCUT2D eigenvalue weighted by Gasteiger charge is 2.14. The molecule has 1 aromatic carbocycles. The summed E-state index contributed by atoms with van der Waals surface area (Å²) in [6.45, 7) is 2.21. The molecule has 0 saturated heterocycles. The molecule has 24 heavy (non-hydrogen) atoms. The first-order chi connectivity index (χ1) is 11.6. The van der Waals surface area contributed by atoms with Crippen LogP contribution < -0.4 is 20.3 Å². The number of aromatic amines is 1. The van der Waals surface area contributed by atoms with Gasteiger partial charge in [-0.2, -0.15) is 0 Å². The molecule has 3 rings (SSSR count). The third-order valence-corrected chi connectivity index (χ3v) is 3.55. The number of pyridine rings is 1. The molecule has 8 nitrogen and oxygen atoms in total. The summed E-state index contributed by atoms with van der Waals surface area (Å²) < 4.78 is 10.5. The van der Waals surface area contributed by atoms with E-state index in [9.17, 15) is 9.59 Å². The Hall–Kier alpha value is -3.16. The van der Waals surface area contributed by atoms with Crippen LogP contribution in [0.15, 0.2) is 23.0 Å². The Balaban J connectivity index is 2.26. The van der Waals surface area contributed by atoms with Gasteiger partial charge in [0.05, 0.1) is 25.1 Å². The SMILES string of the molecule is CCNC(=O)c1nc2nc3cc(OC)c(OC)cc3cc2c(=O)[nH]1. The maximum Gasteiger partial charge on any atom is 0.287 e. The summed E-state index contributed by atoms with van der Waals surface area (Å²) in [5.74, 6) is 0.535. The molecule has 0 radical (unpaired) electrons. The van der Waals surface area contributed by atoms with Gasteiger partial charge in [-0.05, 0) is 19.1 Å². The van der Waals surface area contributed by atoms with Crippen LogP contribution >= 0.6 is 0 Å². The number of aromatic nitrogens is 3. The van der Waals surface area contributed by atoms with E-state index in [4.69, 9.17) is 9.47 Å². The fourth-order valence-electron chi connectivity index (χ4n) is 2.40. The van der Waals surface area contributed by atoms with Gasteiger partial charge in [0.15, 0.2) is 17.1 Å². The molecule has 0 aliphatic carbocycles. The van der Waals surface area contributed by atoms with E-state index < -0.39 is 11.5 Å². The molecule has 1 amide bonds. The van der Waals surface area contributed by atoms with E-state index in [-0.39, 0.29) is 11.5 Å². The number of carbonyl (C=O) groups excluding carboxylic acids is 1. The van der Waals surface area contributed by atoms with Crippen molar-refractivity contribution in [2.24, 2.45) is 0 Å². The van der Waals surface area contributed by atoms with Gasteiger partial charge in [-0.3, -0.25) is 9.59 Å². The highest BCUT2D eigenvalue weighted by Crippen LogP contribution is 2.32. The van der Waals surface area contributed by atoms with Crippen molar-refractivity contribution in [3.63, 3.8) is 0 Å². The lowest BCUT2D eigenvalue weighted by Crippen LogP contribution is -2.27. The zero-order valence-electron chi connectivity index (χ0n) is 13.5. The van der Waals surface area contributed by atoms with Crippen molar-refractivity contribution in [2.75, 3.05) is 20.8 Å². The molecular formula is C16H16N4O4. The molecule has 0 fully saturated rings. The van der Waals surface area contributed by atoms with E-state index >= 15 is 0 Å². The Kier molecular flexibility index (Phi) is 4.03. The largest absolute Gasteiger partial charge is 0.493 e. The van der Waals surface area contributed by atoms with Crippen LogP contribution in [0.25, 0.3) is 21.9 Å². The maximum atomic E-state index is 12.3. The molecule has 0 aliphatic heterocycles. The van der Waals surface area contributed by atoms with Crippen LogP contribution in [0.2, 0.25) is 0 Å². The van der Waals surface area contributed by atoms with E-state index in [1.165, 1.54) is 14.2 Å². The number of fused-ring (bicyclic) bond motifs is 2. The number of carbonyl (C=O) groups is 1. The Bertz CT molecular complexity index is 997. The minimum Gasteiger partial charge on any atom is -0.493 e. The first kappa shape index (κ1) is 15.7. The number of ether oxygens (including phenoxy) is 2. The highest BCUT2D eigenvalue weighted by atomic mass is 16.5. The van der Waals surface area contributed by atoms with Crippen LogP contribution in [-0.2, 0) is 0 Å². The highest BCUT2D eigenvalue weighted by molar-refractivity contribution is 5.95. The molecule has 0 atom stereocenters. The summed E-state index contributed by atoms with van der Waals surface area (Å²) in [6.07, 6.45) is 0. The van der Waals surface area contributed by atoms with Crippen molar-refractivity contribution < 1.29 is 14.3 Å². The summed E-state index contributed by atoms with van der Waals surface area (Å²) >= 11 is 0. The zero-order valence-corrected chi connectivity index (χ0v) is 13.5. The van der Waals surface area contributed by atoms with Crippen molar-refractivity contribution in [3.8, 4) is 11.5 Å². The molecule has 124 valence electrons. The van der Waals surface area contributed by atoms with Gasteiger partial charge >= 0.3 is 0 Å². The van der Waals surface area contributed by atoms with Crippen LogP contribution in [0.4, 0.5) is 0 Å². The van der Waals surface area contributed by atoms with Crippen molar-refractivity contribution in [3.05, 3.63) is 34.4 Å². The number of H-pyrrole nitrogens is 1. The minimum absolute atomic E-state index is 0.0679. The minimum atomic E-state index is -0.453. The second-order valence-electron chi connectivity index (χ2n) is 5.03. The predicted octanol–water partition coefficient (Wildman–Crippen LogP) is 1.24. The lowest BCUT2D eigenvalue weighted by atomic mass is 10.1. The number of nitrogens with one attached hydrogen (secondary N) is 2. The normalized spacial score (nSPS) is 10.8. The van der Waals surface area contributed by atoms with Gasteiger partial charge in [0.1, 0.15) is 0 Å². The summed E-state index contributed by atoms with van der Waals surface area (Å²) in [5.41, 5.74) is 0.352. The molecular weight excluding hydrogens is 312 g/mol. The third-order valence-electron chi connectivity index (χ3n) is 3.55. The third kappa shape index (κ3) is 2.62. The second kappa shape index (κ2) is 6.15. The van der Waals surface area contributed by atoms with Gasteiger partial charge in [-0.25, -0.2) is 9.97 Å². The molecule has 2 aromatic heterocycles. The van der Waals surface area contributed by atoms with Crippen molar-refractivity contribution in [1.29, 1.82) is 0 Å². The van der Waals surface area contributed by atoms with Gasteiger partial charge in [-0.1, -0.05) is 0 Å². The topological polar surface area (TPSA) is 106 Å². The van der Waals surface area contributed by atoms with Gasteiger partial charge in [0.2, 0.25) is 5.82 Å². The molecule has 8 heteroatoms. The van der Waals surface area contributed by atoms with Crippen molar-refractivity contribution in [1.82, 2.24) is 20.3 Å². The van der Waals surface area contributed by atoms with E-state index in [1.807, 2.05) is 0 Å². The van der Waals surface area contributed by atoms with Gasteiger partial charge in [0.25, 0.3) is 11.5 Å². The fraction of sp³-hybridized carbons (Fsp3) is 0.250. The van der Waals surface area contributed by atoms with Gasteiger partial charge in [-0.15, -0.1) is 0 Å². The smallest absolute Gasteiger partial charge is 0.287 e. The van der Waals surface area contributed by atoms with Crippen LogP contribution in [0.5, 0.6) is 11.5 Å². The quantitative estimate of drug-likeness (QED) is 0.698. The Morgan fingerprint density at radius 1 is 1.17 bits per heavy atom. The van der Waals surface area contributed by atoms with Crippen LogP contribution in [-0.4, -0.2) is 41.6 Å². The first-order valence-corrected chi connectivity index (χ1v) is 7.32. The lowest BCUT2D eigenvalue weighted by Gasteiger charge is -2.09. The number of benzene rings is 1. The second-order valence-corrected chi connectivity index (χ2v) is 5.03. The molecule has 0 spiro atoms. The first-order valence-electron chi connectivity index (χ1n) is 7.32. The lowest BCUT2D eigenvalue weighted by molar-refractivity contribution is 0.0945. The number of methoxy groups -OCH3 is 2. The molecule has 0 bridgehead atoms. The molecule has 2 heterocycles. The van der Waals surface area contributed by atoms with Crippen molar-refractivity contribution >= 4 is 27.8 Å². The van der Waals surface area contributed by atoms with Crippen LogP contribution in [0, 0.1) is 0 Å². The molecule has 0 saturated carbocycles. The molecule has 2 N–H and O–H groups in total. The number of nitrogens with zero attached hydrogens (tertiary/aromatic N) is 2. The number of hydrogen-bond donors (Lipinski definition) is 2. The number of rotatable bonds is 4. The number of amides is 1. The molecule has 0 unspecified atom stereocenters.